The Kier molecular flexibility index (Phi) is 3.19. The smallest absolute Gasteiger partial charge is 0.232 e. The van der Waals surface area contributed by atoms with Crippen molar-refractivity contribution in [1.82, 2.24) is 10.3 Å². The van der Waals surface area contributed by atoms with E-state index in [0.717, 1.165) is 29.3 Å². The number of hydrogen-bond donors (Lipinski definition) is 2. The Morgan fingerprint density at radius 3 is 2.84 bits per heavy atom. The van der Waals surface area contributed by atoms with Crippen LogP contribution in [0.25, 0.3) is 10.8 Å². The van der Waals surface area contributed by atoms with Gasteiger partial charge in [-0.05, 0) is 24.3 Å². The first-order valence-corrected chi connectivity index (χ1v) is 7.14. The molecule has 1 heterocycles. The number of carbonyl (C=O) groups is 1. The first-order valence-electron chi connectivity index (χ1n) is 6.51. The van der Waals surface area contributed by atoms with Crippen LogP contribution in [0.15, 0.2) is 36.5 Å². The average Bonchev–Trinajstić information content (AvgIpc) is 3.26. The van der Waals surface area contributed by atoms with E-state index in [4.69, 9.17) is 0 Å². The van der Waals surface area contributed by atoms with Gasteiger partial charge >= 0.3 is 0 Å². The third-order valence-electron chi connectivity index (χ3n) is 3.71. The normalized spacial score (nSPS) is 16.3. The van der Waals surface area contributed by atoms with Gasteiger partial charge < -0.3 is 5.32 Å². The summed E-state index contributed by atoms with van der Waals surface area (Å²) in [7, 11) is 0. The van der Waals surface area contributed by atoms with Gasteiger partial charge in [0.1, 0.15) is 0 Å². The highest BCUT2D eigenvalue weighted by Gasteiger charge is 2.53. The number of nitrogens with zero attached hydrogens (tertiary/aromatic N) is 1. The Bertz CT molecular complexity index is 617. The maximum Gasteiger partial charge on any atom is 0.232 e. The van der Waals surface area contributed by atoms with E-state index in [2.05, 4.69) is 29.0 Å². The van der Waals surface area contributed by atoms with Gasteiger partial charge in [0.05, 0.1) is 11.1 Å². The average molecular weight is 272 g/mol. The van der Waals surface area contributed by atoms with Crippen LogP contribution in [0.5, 0.6) is 0 Å². The van der Waals surface area contributed by atoms with Crippen LogP contribution in [0.2, 0.25) is 0 Å². The molecule has 19 heavy (non-hydrogen) atoms. The van der Waals surface area contributed by atoms with Crippen LogP contribution in [0.3, 0.4) is 0 Å². The first-order chi connectivity index (χ1) is 9.28. The highest BCUT2D eigenvalue weighted by Crippen LogP contribution is 2.49. The molecule has 4 heteroatoms. The Balaban J connectivity index is 2.02. The summed E-state index contributed by atoms with van der Waals surface area (Å²) in [6, 6.07) is 10.1. The van der Waals surface area contributed by atoms with Gasteiger partial charge in [-0.3, -0.25) is 9.78 Å². The second-order valence-electron chi connectivity index (χ2n) is 4.94. The predicted molar refractivity (Wildman–Crippen MR) is 79.5 cm³/mol. The minimum atomic E-state index is -0.413. The highest BCUT2D eigenvalue weighted by molar-refractivity contribution is 7.80. The number of benzene rings is 1. The molecular weight excluding hydrogens is 256 g/mol. The van der Waals surface area contributed by atoms with E-state index in [9.17, 15) is 4.79 Å². The van der Waals surface area contributed by atoms with Gasteiger partial charge in [0.25, 0.3) is 0 Å². The first kappa shape index (κ1) is 12.5. The lowest BCUT2D eigenvalue weighted by Crippen LogP contribution is -2.36. The number of pyridine rings is 1. The van der Waals surface area contributed by atoms with E-state index in [1.807, 2.05) is 24.3 Å². The van der Waals surface area contributed by atoms with Crippen molar-refractivity contribution in [2.24, 2.45) is 0 Å². The molecule has 1 aliphatic rings. The number of hydrogen-bond acceptors (Lipinski definition) is 3. The van der Waals surface area contributed by atoms with Crippen LogP contribution in [0, 0.1) is 0 Å². The quantitative estimate of drug-likeness (QED) is 0.839. The third kappa shape index (κ3) is 2.10. The zero-order chi connectivity index (χ0) is 13.3. The van der Waals surface area contributed by atoms with Crippen molar-refractivity contribution in [2.75, 3.05) is 12.3 Å². The van der Waals surface area contributed by atoms with E-state index in [1.54, 1.807) is 6.20 Å². The minimum Gasteiger partial charge on any atom is -0.354 e. The van der Waals surface area contributed by atoms with Crippen LogP contribution < -0.4 is 5.32 Å². The van der Waals surface area contributed by atoms with Crippen molar-refractivity contribution in [1.29, 1.82) is 0 Å². The Hall–Kier alpha value is -1.55. The zero-order valence-electron chi connectivity index (χ0n) is 10.6. The molecule has 0 saturated heterocycles. The number of thiol groups is 1. The molecule has 1 saturated carbocycles. The molecule has 3 nitrogen and oxygen atoms in total. The summed E-state index contributed by atoms with van der Waals surface area (Å²) in [6.45, 7) is 0.606. The van der Waals surface area contributed by atoms with E-state index in [1.165, 1.54) is 0 Å². The van der Waals surface area contributed by atoms with Crippen LogP contribution in [0.1, 0.15) is 18.5 Å². The molecular formula is C15H16N2OS. The SMILES string of the molecule is O=C(NCCS)C1(c2nccc3ccccc23)CC1. The molecule has 1 fully saturated rings. The highest BCUT2D eigenvalue weighted by atomic mass is 32.1. The molecule has 0 spiro atoms. The van der Waals surface area contributed by atoms with Crippen molar-refractivity contribution in [2.45, 2.75) is 18.3 Å². The molecule has 3 rings (SSSR count). The monoisotopic (exact) mass is 272 g/mol. The topological polar surface area (TPSA) is 42.0 Å². The number of carbonyl (C=O) groups excluding carboxylic acids is 1. The minimum absolute atomic E-state index is 0.0883. The van der Waals surface area contributed by atoms with Crippen LogP contribution >= 0.6 is 12.6 Å². The lowest BCUT2D eigenvalue weighted by Gasteiger charge is -2.16. The van der Waals surface area contributed by atoms with Crippen LogP contribution in [-0.4, -0.2) is 23.2 Å². The van der Waals surface area contributed by atoms with Gasteiger partial charge in [-0.25, -0.2) is 0 Å². The van der Waals surface area contributed by atoms with E-state index >= 15 is 0 Å². The van der Waals surface area contributed by atoms with Gasteiger partial charge in [0.2, 0.25) is 5.91 Å². The molecule has 98 valence electrons. The van der Waals surface area contributed by atoms with E-state index in [-0.39, 0.29) is 5.91 Å². The molecule has 0 unspecified atom stereocenters. The Labute approximate surface area is 117 Å². The molecule has 1 amide bonds. The van der Waals surface area contributed by atoms with Crippen molar-refractivity contribution >= 4 is 29.3 Å². The lowest BCUT2D eigenvalue weighted by atomic mass is 9.95. The van der Waals surface area contributed by atoms with Crippen molar-refractivity contribution in [3.8, 4) is 0 Å². The second kappa shape index (κ2) is 4.85. The number of fused-ring (bicyclic) bond motifs is 1. The summed E-state index contributed by atoms with van der Waals surface area (Å²) in [4.78, 5) is 16.8. The standard InChI is InChI=1S/C15H16N2OS/c18-14(17-9-10-19)15(6-7-15)13-12-4-2-1-3-11(12)5-8-16-13/h1-5,8,19H,6-7,9-10H2,(H,17,18). The summed E-state index contributed by atoms with van der Waals surface area (Å²) < 4.78 is 0. The second-order valence-corrected chi connectivity index (χ2v) is 5.39. The number of amides is 1. The van der Waals surface area contributed by atoms with Crippen molar-refractivity contribution in [3.63, 3.8) is 0 Å². The van der Waals surface area contributed by atoms with Crippen molar-refractivity contribution < 1.29 is 4.79 Å². The van der Waals surface area contributed by atoms with Gasteiger partial charge in [-0.1, -0.05) is 24.3 Å². The van der Waals surface area contributed by atoms with Gasteiger partial charge in [0.15, 0.2) is 0 Å². The summed E-state index contributed by atoms with van der Waals surface area (Å²) in [5.41, 5.74) is 0.506. The number of nitrogens with one attached hydrogen (secondary N) is 1. The number of aromatic nitrogens is 1. The molecule has 1 aliphatic carbocycles. The summed E-state index contributed by atoms with van der Waals surface area (Å²) in [5.74, 6) is 0.746. The van der Waals surface area contributed by atoms with Gasteiger partial charge in [-0.2, -0.15) is 12.6 Å². The fourth-order valence-electron chi connectivity index (χ4n) is 2.54. The molecule has 0 atom stereocenters. The maximum absolute atomic E-state index is 12.3. The molecule has 0 bridgehead atoms. The van der Waals surface area contributed by atoms with Gasteiger partial charge in [-0.15, -0.1) is 0 Å². The largest absolute Gasteiger partial charge is 0.354 e. The summed E-state index contributed by atoms with van der Waals surface area (Å²) in [5, 5.41) is 5.17. The molecule has 2 aromatic rings. The summed E-state index contributed by atoms with van der Waals surface area (Å²) in [6.07, 6.45) is 3.56. The van der Waals surface area contributed by atoms with Crippen LogP contribution in [0.4, 0.5) is 0 Å². The molecule has 1 N–H and O–H groups in total. The third-order valence-corrected chi connectivity index (χ3v) is 3.93. The van der Waals surface area contributed by atoms with E-state index < -0.39 is 5.41 Å². The van der Waals surface area contributed by atoms with Gasteiger partial charge in [0, 0.05) is 23.9 Å². The molecule has 1 aromatic heterocycles. The fourth-order valence-corrected chi connectivity index (χ4v) is 2.65. The zero-order valence-corrected chi connectivity index (χ0v) is 11.5. The van der Waals surface area contributed by atoms with Crippen LogP contribution in [-0.2, 0) is 10.2 Å². The lowest BCUT2D eigenvalue weighted by molar-refractivity contribution is -0.123. The molecule has 1 aromatic carbocycles. The predicted octanol–water partition coefficient (Wildman–Crippen LogP) is 2.31. The Morgan fingerprint density at radius 2 is 2.11 bits per heavy atom. The summed E-state index contributed by atoms with van der Waals surface area (Å²) >= 11 is 4.13. The fraction of sp³-hybridized carbons (Fsp3) is 0.333. The maximum atomic E-state index is 12.3. The Morgan fingerprint density at radius 1 is 1.32 bits per heavy atom. The van der Waals surface area contributed by atoms with Crippen molar-refractivity contribution in [3.05, 3.63) is 42.2 Å². The van der Waals surface area contributed by atoms with E-state index in [0.29, 0.717) is 12.3 Å². The molecule has 0 radical (unpaired) electrons. The molecule has 0 aliphatic heterocycles. The number of rotatable bonds is 4.